The SMILES string of the molecule is C1=C2C(=CCC1)c1ccc(-c3ccc(-c4nc5ccccc5n4-c4ccccc4)cc3)c3cccc2c13. The summed E-state index contributed by atoms with van der Waals surface area (Å²) in [5, 5.41) is 2.73. The Morgan fingerprint density at radius 2 is 1.22 bits per heavy atom. The third-order valence-electron chi connectivity index (χ3n) is 7.80. The normalized spacial score (nSPS) is 14.1. The van der Waals surface area contributed by atoms with Crippen molar-refractivity contribution in [3.05, 3.63) is 132 Å². The van der Waals surface area contributed by atoms with Crippen LogP contribution in [0.15, 0.2) is 121 Å². The molecule has 1 heterocycles. The van der Waals surface area contributed by atoms with E-state index in [1.165, 1.54) is 44.2 Å². The number of allylic oxidation sites excluding steroid dienone is 4. The maximum absolute atomic E-state index is 5.03. The van der Waals surface area contributed by atoms with Crippen LogP contribution in [0.2, 0.25) is 0 Å². The highest BCUT2D eigenvalue weighted by atomic mass is 15.1. The molecule has 1 aromatic heterocycles. The summed E-state index contributed by atoms with van der Waals surface area (Å²) in [6, 6.07) is 39.1. The fourth-order valence-corrected chi connectivity index (χ4v) is 6.15. The molecule has 0 fully saturated rings. The number of rotatable bonds is 3. The maximum atomic E-state index is 5.03. The van der Waals surface area contributed by atoms with Crippen molar-refractivity contribution in [1.82, 2.24) is 9.55 Å². The van der Waals surface area contributed by atoms with Crippen LogP contribution in [-0.2, 0) is 0 Å². The Hall–Kier alpha value is -4.69. The molecule has 0 radical (unpaired) electrons. The minimum Gasteiger partial charge on any atom is -0.292 e. The highest BCUT2D eigenvalue weighted by Crippen LogP contribution is 2.49. The lowest BCUT2D eigenvalue weighted by Crippen LogP contribution is -1.97. The summed E-state index contributed by atoms with van der Waals surface area (Å²) in [5.74, 6) is 0.960. The summed E-state index contributed by atoms with van der Waals surface area (Å²) in [7, 11) is 0. The first-order valence-corrected chi connectivity index (χ1v) is 13.0. The van der Waals surface area contributed by atoms with Crippen LogP contribution >= 0.6 is 0 Å². The van der Waals surface area contributed by atoms with Gasteiger partial charge in [0.25, 0.3) is 0 Å². The van der Waals surface area contributed by atoms with Gasteiger partial charge >= 0.3 is 0 Å². The largest absolute Gasteiger partial charge is 0.292 e. The van der Waals surface area contributed by atoms with Crippen molar-refractivity contribution in [3.8, 4) is 28.2 Å². The first-order valence-electron chi connectivity index (χ1n) is 13.0. The summed E-state index contributed by atoms with van der Waals surface area (Å²) < 4.78 is 2.26. The zero-order valence-corrected chi connectivity index (χ0v) is 20.4. The molecule has 5 aromatic carbocycles. The second-order valence-electron chi connectivity index (χ2n) is 9.87. The van der Waals surface area contributed by atoms with Crippen LogP contribution in [0, 0.1) is 0 Å². The van der Waals surface area contributed by atoms with Crippen LogP contribution in [0.1, 0.15) is 24.0 Å². The Kier molecular flexibility index (Phi) is 4.38. The number of aromatic nitrogens is 2. The lowest BCUT2D eigenvalue weighted by molar-refractivity contribution is 1.05. The highest BCUT2D eigenvalue weighted by molar-refractivity contribution is 6.24. The summed E-state index contributed by atoms with van der Waals surface area (Å²) in [6.45, 7) is 0. The molecule has 8 rings (SSSR count). The molecule has 0 atom stereocenters. The van der Waals surface area contributed by atoms with Crippen LogP contribution in [0.4, 0.5) is 0 Å². The van der Waals surface area contributed by atoms with Gasteiger partial charge in [-0.25, -0.2) is 4.98 Å². The molecular weight excluding hydrogens is 448 g/mol. The quantitative estimate of drug-likeness (QED) is 0.251. The highest BCUT2D eigenvalue weighted by Gasteiger charge is 2.26. The fourth-order valence-electron chi connectivity index (χ4n) is 6.15. The van der Waals surface area contributed by atoms with E-state index >= 15 is 0 Å². The zero-order chi connectivity index (χ0) is 24.3. The summed E-state index contributed by atoms with van der Waals surface area (Å²) >= 11 is 0. The van der Waals surface area contributed by atoms with Crippen molar-refractivity contribution in [2.75, 3.05) is 0 Å². The summed E-state index contributed by atoms with van der Waals surface area (Å²) in [5.41, 5.74) is 12.5. The van der Waals surface area contributed by atoms with Gasteiger partial charge in [0.15, 0.2) is 0 Å². The van der Waals surface area contributed by atoms with Crippen LogP contribution < -0.4 is 0 Å². The molecule has 2 heteroatoms. The minimum atomic E-state index is 0.960. The first-order chi connectivity index (χ1) is 18.4. The Morgan fingerprint density at radius 3 is 2.03 bits per heavy atom. The molecule has 0 amide bonds. The van der Waals surface area contributed by atoms with E-state index in [1.54, 1.807) is 0 Å². The average Bonchev–Trinajstić information content (AvgIpc) is 3.52. The molecule has 6 aromatic rings. The van der Waals surface area contributed by atoms with Crippen molar-refractivity contribution in [2.45, 2.75) is 12.8 Å². The van der Waals surface area contributed by atoms with Crippen LogP contribution in [0.5, 0.6) is 0 Å². The molecule has 0 saturated carbocycles. The maximum Gasteiger partial charge on any atom is 0.145 e. The Balaban J connectivity index is 1.27. The summed E-state index contributed by atoms with van der Waals surface area (Å²) in [6.07, 6.45) is 7.09. The number of hydrogen-bond acceptors (Lipinski definition) is 1. The van der Waals surface area contributed by atoms with Gasteiger partial charge in [0.1, 0.15) is 5.82 Å². The van der Waals surface area contributed by atoms with Gasteiger partial charge in [-0.2, -0.15) is 0 Å². The van der Waals surface area contributed by atoms with E-state index in [0.29, 0.717) is 0 Å². The van der Waals surface area contributed by atoms with Gasteiger partial charge in [-0.15, -0.1) is 0 Å². The number of imidazole rings is 1. The molecule has 37 heavy (non-hydrogen) atoms. The number of nitrogens with zero attached hydrogens (tertiary/aromatic N) is 2. The number of hydrogen-bond donors (Lipinski definition) is 0. The van der Waals surface area contributed by atoms with Crippen molar-refractivity contribution in [1.29, 1.82) is 0 Å². The van der Waals surface area contributed by atoms with E-state index in [0.717, 1.165) is 41.0 Å². The van der Waals surface area contributed by atoms with E-state index in [2.05, 4.69) is 126 Å². The molecule has 0 saturated heterocycles. The molecule has 0 aliphatic heterocycles. The van der Waals surface area contributed by atoms with Gasteiger partial charge in [0.05, 0.1) is 11.0 Å². The lowest BCUT2D eigenvalue weighted by Gasteiger charge is -2.12. The molecule has 0 unspecified atom stereocenters. The zero-order valence-electron chi connectivity index (χ0n) is 20.4. The number of para-hydroxylation sites is 3. The van der Waals surface area contributed by atoms with Gasteiger partial charge in [-0.3, -0.25) is 4.57 Å². The number of fused-ring (bicyclic) bond motifs is 4. The smallest absolute Gasteiger partial charge is 0.145 e. The third-order valence-corrected chi connectivity index (χ3v) is 7.80. The third kappa shape index (κ3) is 3.02. The van der Waals surface area contributed by atoms with Crippen LogP contribution in [0.25, 0.3) is 61.2 Å². The topological polar surface area (TPSA) is 17.8 Å². The van der Waals surface area contributed by atoms with E-state index in [1.807, 2.05) is 0 Å². The van der Waals surface area contributed by atoms with Gasteiger partial charge in [0, 0.05) is 11.3 Å². The molecular formula is C35H24N2. The standard InChI is InChI=1S/C35H24N2/c1-2-9-25(10-3-1)37-33-16-7-6-15-32(33)36-35(37)24-19-17-23(18-20-24)26-21-22-31-28-12-5-4-11-27(28)30-14-8-13-29(26)34(30)31/h1-3,6-22H,4-5H2. The average molecular weight is 473 g/mol. The molecule has 174 valence electrons. The monoisotopic (exact) mass is 472 g/mol. The van der Waals surface area contributed by atoms with Crippen molar-refractivity contribution < 1.29 is 0 Å². The second-order valence-corrected chi connectivity index (χ2v) is 9.87. The molecule has 0 bridgehead atoms. The van der Waals surface area contributed by atoms with Gasteiger partial charge in [-0.05, 0) is 81.3 Å². The van der Waals surface area contributed by atoms with Crippen LogP contribution in [-0.4, -0.2) is 9.55 Å². The van der Waals surface area contributed by atoms with E-state index in [4.69, 9.17) is 4.98 Å². The van der Waals surface area contributed by atoms with Gasteiger partial charge in [0.2, 0.25) is 0 Å². The second kappa shape index (κ2) is 7.91. The van der Waals surface area contributed by atoms with Crippen LogP contribution in [0.3, 0.4) is 0 Å². The minimum absolute atomic E-state index is 0.960. The fraction of sp³-hybridized carbons (Fsp3) is 0.0571. The predicted octanol–water partition coefficient (Wildman–Crippen LogP) is 9.09. The van der Waals surface area contributed by atoms with Crippen molar-refractivity contribution in [2.24, 2.45) is 0 Å². The predicted molar refractivity (Wildman–Crippen MR) is 155 cm³/mol. The van der Waals surface area contributed by atoms with Crippen molar-refractivity contribution >= 4 is 33.0 Å². The summed E-state index contributed by atoms with van der Waals surface area (Å²) in [4.78, 5) is 5.03. The number of benzene rings is 5. The molecule has 0 spiro atoms. The molecule has 2 aliphatic rings. The Bertz CT molecular complexity index is 1870. The van der Waals surface area contributed by atoms with Gasteiger partial charge < -0.3 is 0 Å². The van der Waals surface area contributed by atoms with Gasteiger partial charge in [-0.1, -0.05) is 97.1 Å². The van der Waals surface area contributed by atoms with E-state index < -0.39 is 0 Å². The molecule has 2 aliphatic carbocycles. The van der Waals surface area contributed by atoms with Crippen molar-refractivity contribution in [3.63, 3.8) is 0 Å². The molecule has 2 nitrogen and oxygen atoms in total. The Morgan fingerprint density at radius 1 is 0.541 bits per heavy atom. The Labute approximate surface area is 215 Å². The van der Waals surface area contributed by atoms with E-state index in [-0.39, 0.29) is 0 Å². The van der Waals surface area contributed by atoms with E-state index in [9.17, 15) is 0 Å². The lowest BCUT2D eigenvalue weighted by atomic mass is 9.94. The first kappa shape index (κ1) is 20.5. The molecule has 0 N–H and O–H groups in total.